The van der Waals surface area contributed by atoms with E-state index in [2.05, 4.69) is 31.9 Å². The number of nitrogens with one attached hydrogen (secondary N) is 3. The zero-order valence-electron chi connectivity index (χ0n) is 12.5. The molecule has 0 fully saturated rings. The van der Waals surface area contributed by atoms with Gasteiger partial charge in [0.25, 0.3) is 5.91 Å². The second kappa shape index (κ2) is 8.23. The second-order valence-electron chi connectivity index (χ2n) is 4.79. The van der Waals surface area contributed by atoms with Crippen LogP contribution < -0.4 is 16.0 Å². The van der Waals surface area contributed by atoms with E-state index in [-0.39, 0.29) is 16.9 Å². The van der Waals surface area contributed by atoms with Gasteiger partial charge in [0.2, 0.25) is 5.91 Å². The first-order valence-corrected chi connectivity index (χ1v) is 8.38. The molecule has 24 heavy (non-hydrogen) atoms. The minimum absolute atomic E-state index is 0.209. The number of hydrogen-bond donors (Lipinski definition) is 3. The molecule has 0 saturated heterocycles. The molecule has 0 saturated carbocycles. The van der Waals surface area contributed by atoms with Gasteiger partial charge < -0.3 is 16.0 Å². The van der Waals surface area contributed by atoms with Crippen LogP contribution in [-0.4, -0.2) is 16.9 Å². The maximum absolute atomic E-state index is 12.3. The molecule has 0 unspecified atom stereocenters. The molecule has 124 valence electrons. The lowest BCUT2D eigenvalue weighted by molar-refractivity contribution is -0.117. The number of rotatable bonds is 3. The van der Waals surface area contributed by atoms with Crippen LogP contribution in [0, 0.1) is 0 Å². The highest BCUT2D eigenvalue weighted by Crippen LogP contribution is 2.22. The minimum atomic E-state index is -0.309. The standard InChI is InChI=1S/C16H13BrClN3O2S/c1-9(22)19-16(24)21-12-5-3-11(4-6-12)20-15(23)13-8-10(17)2-7-14(13)18/h2-8H,1H3,(H,20,23)(H2,19,21,22,24). The average Bonchev–Trinajstić information content (AvgIpc) is 2.50. The molecule has 2 aromatic carbocycles. The number of amides is 2. The molecule has 0 aromatic heterocycles. The number of halogens is 2. The molecule has 2 aromatic rings. The highest BCUT2D eigenvalue weighted by molar-refractivity contribution is 9.10. The van der Waals surface area contributed by atoms with Crippen molar-refractivity contribution < 1.29 is 9.59 Å². The molecular formula is C16H13BrClN3O2S. The predicted octanol–water partition coefficient (Wildman–Crippen LogP) is 4.19. The summed E-state index contributed by atoms with van der Waals surface area (Å²) < 4.78 is 0.767. The van der Waals surface area contributed by atoms with Crippen LogP contribution in [0.4, 0.5) is 11.4 Å². The van der Waals surface area contributed by atoms with E-state index in [0.29, 0.717) is 22.0 Å². The molecule has 0 spiro atoms. The number of carbonyl (C=O) groups excluding carboxylic acids is 2. The lowest BCUT2D eigenvalue weighted by Crippen LogP contribution is -2.32. The number of thiocarbonyl (C=S) groups is 1. The fourth-order valence-electron chi connectivity index (χ4n) is 1.83. The summed E-state index contributed by atoms with van der Waals surface area (Å²) in [6.07, 6.45) is 0. The maximum atomic E-state index is 12.3. The van der Waals surface area contributed by atoms with E-state index in [1.807, 2.05) is 0 Å². The Morgan fingerprint density at radius 2 is 1.62 bits per heavy atom. The molecule has 0 atom stereocenters. The third-order valence-corrected chi connectivity index (χ3v) is 3.89. The lowest BCUT2D eigenvalue weighted by Gasteiger charge is -2.10. The number of benzene rings is 2. The van der Waals surface area contributed by atoms with Crippen LogP contribution in [0.5, 0.6) is 0 Å². The summed E-state index contributed by atoms with van der Waals surface area (Å²) in [5.41, 5.74) is 1.67. The highest BCUT2D eigenvalue weighted by atomic mass is 79.9. The summed E-state index contributed by atoms with van der Waals surface area (Å²) >= 11 is 14.3. The molecule has 0 aliphatic rings. The smallest absolute Gasteiger partial charge is 0.257 e. The first-order chi connectivity index (χ1) is 11.3. The van der Waals surface area contributed by atoms with Crippen LogP contribution in [0.2, 0.25) is 5.02 Å². The van der Waals surface area contributed by atoms with Crippen LogP contribution in [0.3, 0.4) is 0 Å². The van der Waals surface area contributed by atoms with Crippen molar-refractivity contribution in [3.63, 3.8) is 0 Å². The fourth-order valence-corrected chi connectivity index (χ4v) is 2.66. The van der Waals surface area contributed by atoms with Gasteiger partial charge in [-0.1, -0.05) is 27.5 Å². The van der Waals surface area contributed by atoms with Gasteiger partial charge in [0.15, 0.2) is 5.11 Å². The van der Waals surface area contributed by atoms with Crippen LogP contribution >= 0.6 is 39.7 Å². The Labute approximate surface area is 157 Å². The number of anilines is 2. The van der Waals surface area contributed by atoms with E-state index in [9.17, 15) is 9.59 Å². The SMILES string of the molecule is CC(=O)NC(=S)Nc1ccc(NC(=O)c2cc(Br)ccc2Cl)cc1. The predicted molar refractivity (Wildman–Crippen MR) is 104 cm³/mol. The minimum Gasteiger partial charge on any atom is -0.332 e. The molecule has 0 radical (unpaired) electrons. The number of hydrogen-bond acceptors (Lipinski definition) is 3. The molecule has 3 N–H and O–H groups in total. The van der Waals surface area contributed by atoms with Crippen molar-refractivity contribution in [3.05, 3.63) is 57.5 Å². The largest absolute Gasteiger partial charge is 0.332 e. The van der Waals surface area contributed by atoms with Crippen LogP contribution in [-0.2, 0) is 4.79 Å². The van der Waals surface area contributed by atoms with E-state index >= 15 is 0 Å². The zero-order valence-corrected chi connectivity index (χ0v) is 15.7. The molecule has 5 nitrogen and oxygen atoms in total. The van der Waals surface area contributed by atoms with Gasteiger partial charge in [-0.3, -0.25) is 9.59 Å². The molecular weight excluding hydrogens is 414 g/mol. The van der Waals surface area contributed by atoms with Crippen molar-refractivity contribution in [1.82, 2.24) is 5.32 Å². The third-order valence-electron chi connectivity index (χ3n) is 2.86. The fraction of sp³-hybridized carbons (Fsp3) is 0.0625. The van der Waals surface area contributed by atoms with Gasteiger partial charge in [0.1, 0.15) is 0 Å². The maximum Gasteiger partial charge on any atom is 0.257 e. The third kappa shape index (κ3) is 5.30. The summed E-state index contributed by atoms with van der Waals surface area (Å²) in [6, 6.07) is 11.9. The van der Waals surface area contributed by atoms with Crippen molar-refractivity contribution in [3.8, 4) is 0 Å². The average molecular weight is 427 g/mol. The molecule has 0 aliphatic carbocycles. The van der Waals surface area contributed by atoms with Crippen molar-refractivity contribution in [1.29, 1.82) is 0 Å². The highest BCUT2D eigenvalue weighted by Gasteiger charge is 2.11. The normalized spacial score (nSPS) is 9.96. The van der Waals surface area contributed by atoms with E-state index < -0.39 is 0 Å². The Morgan fingerprint density at radius 3 is 2.21 bits per heavy atom. The van der Waals surface area contributed by atoms with Crippen molar-refractivity contribution >= 4 is 68.1 Å². The van der Waals surface area contributed by atoms with E-state index in [1.165, 1.54) is 6.92 Å². The summed E-state index contributed by atoms with van der Waals surface area (Å²) in [5, 5.41) is 8.67. The van der Waals surface area contributed by atoms with E-state index in [1.54, 1.807) is 42.5 Å². The first kappa shape index (κ1) is 18.4. The van der Waals surface area contributed by atoms with Crippen LogP contribution in [0.1, 0.15) is 17.3 Å². The van der Waals surface area contributed by atoms with Gasteiger partial charge >= 0.3 is 0 Å². The van der Waals surface area contributed by atoms with Gasteiger partial charge in [-0.2, -0.15) is 0 Å². The summed E-state index contributed by atoms with van der Waals surface area (Å²) in [6.45, 7) is 1.37. The molecule has 2 amide bonds. The summed E-state index contributed by atoms with van der Waals surface area (Å²) in [4.78, 5) is 23.2. The molecule has 2 rings (SSSR count). The van der Waals surface area contributed by atoms with E-state index in [4.69, 9.17) is 23.8 Å². The van der Waals surface area contributed by atoms with Crippen molar-refractivity contribution in [2.75, 3.05) is 10.6 Å². The first-order valence-electron chi connectivity index (χ1n) is 6.80. The molecule has 0 heterocycles. The van der Waals surface area contributed by atoms with E-state index in [0.717, 1.165) is 4.47 Å². The van der Waals surface area contributed by atoms with Crippen LogP contribution in [0.15, 0.2) is 46.9 Å². The van der Waals surface area contributed by atoms with Crippen LogP contribution in [0.25, 0.3) is 0 Å². The van der Waals surface area contributed by atoms with Gasteiger partial charge in [-0.15, -0.1) is 0 Å². The van der Waals surface area contributed by atoms with Gasteiger partial charge in [-0.05, 0) is 54.7 Å². The zero-order chi connectivity index (χ0) is 17.7. The lowest BCUT2D eigenvalue weighted by atomic mass is 10.2. The van der Waals surface area contributed by atoms with Gasteiger partial charge in [0, 0.05) is 22.8 Å². The topological polar surface area (TPSA) is 70.2 Å². The summed E-state index contributed by atoms with van der Waals surface area (Å²) in [7, 11) is 0. The second-order valence-corrected chi connectivity index (χ2v) is 6.52. The Balaban J connectivity index is 2.03. The Hall–Kier alpha value is -1.96. The molecule has 8 heteroatoms. The van der Waals surface area contributed by atoms with Crippen molar-refractivity contribution in [2.24, 2.45) is 0 Å². The van der Waals surface area contributed by atoms with Gasteiger partial charge in [-0.25, -0.2) is 0 Å². The van der Waals surface area contributed by atoms with Crippen molar-refractivity contribution in [2.45, 2.75) is 6.92 Å². The number of carbonyl (C=O) groups is 2. The quantitative estimate of drug-likeness (QED) is 0.644. The van der Waals surface area contributed by atoms with Gasteiger partial charge in [0.05, 0.1) is 10.6 Å². The monoisotopic (exact) mass is 425 g/mol. The molecule has 0 bridgehead atoms. The molecule has 0 aliphatic heterocycles. The Morgan fingerprint density at radius 1 is 1.04 bits per heavy atom. The Kier molecular flexibility index (Phi) is 6.30. The summed E-state index contributed by atoms with van der Waals surface area (Å²) in [5.74, 6) is -0.557. The Bertz CT molecular complexity index is 796.